The van der Waals surface area contributed by atoms with E-state index in [1.165, 1.54) is 0 Å². The number of ether oxygens (including phenoxy) is 2. The third-order valence-corrected chi connectivity index (χ3v) is 3.72. The molecule has 0 bridgehead atoms. The number of carbonyl (C=O) groups is 1. The Bertz CT molecular complexity index is 488. The van der Waals surface area contributed by atoms with Gasteiger partial charge < -0.3 is 14.8 Å². The van der Waals surface area contributed by atoms with Crippen molar-refractivity contribution >= 4 is 17.5 Å². The van der Waals surface area contributed by atoms with Gasteiger partial charge in [-0.1, -0.05) is 18.5 Å². The van der Waals surface area contributed by atoms with Crippen molar-refractivity contribution in [1.29, 1.82) is 0 Å². The lowest BCUT2D eigenvalue weighted by atomic mass is 10.3. The molecule has 4 nitrogen and oxygen atoms in total. The van der Waals surface area contributed by atoms with E-state index in [-0.39, 0.29) is 17.9 Å². The maximum absolute atomic E-state index is 11.5. The van der Waals surface area contributed by atoms with Crippen LogP contribution < -0.4 is 14.8 Å². The molecule has 1 aromatic rings. The molecule has 116 valence electrons. The van der Waals surface area contributed by atoms with Crippen LogP contribution >= 0.6 is 11.6 Å². The van der Waals surface area contributed by atoms with Crippen molar-refractivity contribution < 1.29 is 14.3 Å². The summed E-state index contributed by atoms with van der Waals surface area (Å²) >= 11 is 6.17. The van der Waals surface area contributed by atoms with Gasteiger partial charge in [-0.3, -0.25) is 4.79 Å². The predicted molar refractivity (Wildman–Crippen MR) is 83.1 cm³/mol. The molecule has 1 atom stereocenters. The summed E-state index contributed by atoms with van der Waals surface area (Å²) in [5, 5.41) is 3.37. The van der Waals surface area contributed by atoms with Crippen molar-refractivity contribution in [2.24, 2.45) is 5.92 Å². The second-order valence-electron chi connectivity index (χ2n) is 5.34. The van der Waals surface area contributed by atoms with Crippen LogP contribution in [0.15, 0.2) is 18.2 Å². The Labute approximate surface area is 130 Å². The molecule has 1 aromatic carbocycles. The fraction of sp³-hybridized carbons (Fsp3) is 0.562. The van der Waals surface area contributed by atoms with Crippen molar-refractivity contribution in [1.82, 2.24) is 5.32 Å². The second kappa shape index (κ2) is 7.55. The van der Waals surface area contributed by atoms with E-state index in [4.69, 9.17) is 21.1 Å². The third-order valence-electron chi connectivity index (χ3n) is 3.42. The maximum Gasteiger partial charge on any atom is 0.223 e. The van der Waals surface area contributed by atoms with Gasteiger partial charge in [0.05, 0.1) is 17.7 Å². The summed E-state index contributed by atoms with van der Waals surface area (Å²) in [7, 11) is 0. The van der Waals surface area contributed by atoms with Crippen molar-refractivity contribution in [3.05, 3.63) is 23.2 Å². The summed E-state index contributed by atoms with van der Waals surface area (Å²) in [6, 6.07) is 5.39. The third kappa shape index (κ3) is 5.12. The van der Waals surface area contributed by atoms with Crippen molar-refractivity contribution in [2.75, 3.05) is 13.2 Å². The fourth-order valence-corrected chi connectivity index (χ4v) is 2.04. The molecule has 0 saturated heterocycles. The first-order chi connectivity index (χ1) is 10.1. The molecule has 0 radical (unpaired) electrons. The van der Waals surface area contributed by atoms with Gasteiger partial charge in [0.1, 0.15) is 18.1 Å². The van der Waals surface area contributed by atoms with Crippen LogP contribution in [-0.4, -0.2) is 25.2 Å². The van der Waals surface area contributed by atoms with Crippen LogP contribution in [0.25, 0.3) is 0 Å². The molecular formula is C16H22ClNO3. The van der Waals surface area contributed by atoms with Crippen molar-refractivity contribution in [3.8, 4) is 11.5 Å². The summed E-state index contributed by atoms with van der Waals surface area (Å²) in [5.74, 6) is 1.70. The number of nitrogens with one attached hydrogen (secondary N) is 1. The zero-order valence-electron chi connectivity index (χ0n) is 12.5. The average Bonchev–Trinajstić information content (AvgIpc) is 3.29. The number of amides is 1. The highest BCUT2D eigenvalue weighted by Crippen LogP contribution is 2.30. The topological polar surface area (TPSA) is 47.6 Å². The van der Waals surface area contributed by atoms with Gasteiger partial charge in [-0.05, 0) is 38.3 Å². The Balaban J connectivity index is 1.76. The zero-order valence-corrected chi connectivity index (χ0v) is 13.3. The second-order valence-corrected chi connectivity index (χ2v) is 5.75. The van der Waals surface area contributed by atoms with Crippen molar-refractivity contribution in [2.45, 2.75) is 39.2 Å². The van der Waals surface area contributed by atoms with Crippen LogP contribution in [0.1, 0.15) is 33.1 Å². The molecule has 1 N–H and O–H groups in total. The molecule has 1 saturated carbocycles. The molecule has 0 aliphatic heterocycles. The van der Waals surface area contributed by atoms with E-state index < -0.39 is 0 Å². The van der Waals surface area contributed by atoms with Gasteiger partial charge in [-0.25, -0.2) is 0 Å². The van der Waals surface area contributed by atoms with E-state index in [0.29, 0.717) is 23.9 Å². The summed E-state index contributed by atoms with van der Waals surface area (Å²) in [4.78, 5) is 11.5. The van der Waals surface area contributed by atoms with Gasteiger partial charge in [-0.2, -0.15) is 0 Å². The number of hydrogen-bond donors (Lipinski definition) is 1. The lowest BCUT2D eigenvalue weighted by molar-refractivity contribution is -0.122. The number of hydrogen-bond acceptors (Lipinski definition) is 3. The van der Waals surface area contributed by atoms with E-state index in [0.717, 1.165) is 25.0 Å². The Morgan fingerprint density at radius 2 is 2.24 bits per heavy atom. The SMILES string of the molecule is CCC(C)Oc1ccc(OCCNC(=O)C2CC2)c(Cl)c1. The molecule has 0 spiro atoms. The van der Waals surface area contributed by atoms with Crippen LogP contribution in [0.2, 0.25) is 5.02 Å². The molecule has 0 heterocycles. The Kier molecular flexibility index (Phi) is 5.74. The normalized spacial score (nSPS) is 15.4. The first-order valence-corrected chi connectivity index (χ1v) is 7.84. The minimum absolute atomic E-state index is 0.127. The van der Waals surface area contributed by atoms with E-state index in [2.05, 4.69) is 12.2 Å². The molecule has 1 amide bonds. The quantitative estimate of drug-likeness (QED) is 0.748. The lowest BCUT2D eigenvalue weighted by Crippen LogP contribution is -2.29. The molecule has 2 rings (SSSR count). The molecule has 1 aliphatic carbocycles. The first kappa shape index (κ1) is 16.0. The number of halogens is 1. The monoisotopic (exact) mass is 311 g/mol. The number of rotatable bonds is 8. The first-order valence-electron chi connectivity index (χ1n) is 7.47. The molecule has 21 heavy (non-hydrogen) atoms. The standard InChI is InChI=1S/C16H22ClNO3/c1-3-11(2)21-13-6-7-15(14(17)10-13)20-9-8-18-16(19)12-4-5-12/h6-7,10-12H,3-5,8-9H2,1-2H3,(H,18,19). The minimum Gasteiger partial charge on any atom is -0.491 e. The van der Waals surface area contributed by atoms with E-state index >= 15 is 0 Å². The minimum atomic E-state index is 0.127. The van der Waals surface area contributed by atoms with Crippen molar-refractivity contribution in [3.63, 3.8) is 0 Å². The van der Waals surface area contributed by atoms with Gasteiger partial charge in [0.15, 0.2) is 0 Å². The van der Waals surface area contributed by atoms with E-state index in [1.807, 2.05) is 13.0 Å². The smallest absolute Gasteiger partial charge is 0.223 e. The molecule has 1 aliphatic rings. The molecular weight excluding hydrogens is 290 g/mol. The number of benzene rings is 1. The lowest BCUT2D eigenvalue weighted by Gasteiger charge is -2.14. The van der Waals surface area contributed by atoms with Crippen LogP contribution in [0.3, 0.4) is 0 Å². The van der Waals surface area contributed by atoms with Crippen LogP contribution in [0.5, 0.6) is 11.5 Å². The average molecular weight is 312 g/mol. The predicted octanol–water partition coefficient (Wildman–Crippen LogP) is 3.42. The van der Waals surface area contributed by atoms with Crippen LogP contribution in [0.4, 0.5) is 0 Å². The highest BCUT2D eigenvalue weighted by molar-refractivity contribution is 6.32. The van der Waals surface area contributed by atoms with Gasteiger partial charge in [0.2, 0.25) is 5.91 Å². The Hall–Kier alpha value is -1.42. The fourth-order valence-electron chi connectivity index (χ4n) is 1.81. The van der Waals surface area contributed by atoms with Gasteiger partial charge in [0.25, 0.3) is 0 Å². The largest absolute Gasteiger partial charge is 0.491 e. The summed E-state index contributed by atoms with van der Waals surface area (Å²) in [6.45, 7) is 4.99. The van der Waals surface area contributed by atoms with E-state index in [1.54, 1.807) is 12.1 Å². The van der Waals surface area contributed by atoms with Gasteiger partial charge >= 0.3 is 0 Å². The maximum atomic E-state index is 11.5. The summed E-state index contributed by atoms with van der Waals surface area (Å²) in [5.41, 5.74) is 0. The summed E-state index contributed by atoms with van der Waals surface area (Å²) in [6.07, 6.45) is 3.12. The summed E-state index contributed by atoms with van der Waals surface area (Å²) < 4.78 is 11.3. The molecule has 0 aromatic heterocycles. The van der Waals surface area contributed by atoms with Crippen LogP contribution in [-0.2, 0) is 4.79 Å². The van der Waals surface area contributed by atoms with Crippen LogP contribution in [0, 0.1) is 5.92 Å². The molecule has 1 fully saturated rings. The van der Waals surface area contributed by atoms with Gasteiger partial charge in [-0.15, -0.1) is 0 Å². The van der Waals surface area contributed by atoms with Gasteiger partial charge in [0, 0.05) is 12.0 Å². The Morgan fingerprint density at radius 1 is 1.48 bits per heavy atom. The highest BCUT2D eigenvalue weighted by Gasteiger charge is 2.29. The van der Waals surface area contributed by atoms with E-state index in [9.17, 15) is 4.79 Å². The molecule has 5 heteroatoms. The highest BCUT2D eigenvalue weighted by atomic mass is 35.5. The zero-order chi connectivity index (χ0) is 15.2. The number of carbonyl (C=O) groups excluding carboxylic acids is 1. The Morgan fingerprint density at radius 3 is 2.86 bits per heavy atom. The molecule has 1 unspecified atom stereocenters.